The highest BCUT2D eigenvalue weighted by Crippen LogP contribution is 2.32. The summed E-state index contributed by atoms with van der Waals surface area (Å²) >= 11 is 1.99. The lowest BCUT2D eigenvalue weighted by atomic mass is 9.98. The minimum absolute atomic E-state index is 0.405. The van der Waals surface area contributed by atoms with E-state index in [2.05, 4.69) is 22.4 Å². The van der Waals surface area contributed by atoms with Gasteiger partial charge in [-0.15, -0.1) is 0 Å². The largest absolute Gasteiger partial charge is 0.339 e. The first-order valence-electron chi connectivity index (χ1n) is 6.97. The van der Waals surface area contributed by atoms with Gasteiger partial charge in [-0.25, -0.2) is 0 Å². The van der Waals surface area contributed by atoms with Crippen LogP contribution in [-0.2, 0) is 5.75 Å². The predicted octanol–water partition coefficient (Wildman–Crippen LogP) is 2.57. The highest BCUT2D eigenvalue weighted by atomic mass is 32.2. The Morgan fingerprint density at radius 3 is 2.89 bits per heavy atom. The van der Waals surface area contributed by atoms with Gasteiger partial charge in [-0.1, -0.05) is 24.9 Å². The summed E-state index contributed by atoms with van der Waals surface area (Å²) in [6, 6.07) is 0. The van der Waals surface area contributed by atoms with Crippen LogP contribution in [0, 0.1) is 5.92 Å². The molecule has 1 saturated heterocycles. The molecule has 1 aromatic rings. The molecule has 5 heteroatoms. The molecule has 2 aliphatic rings. The molecule has 1 aliphatic heterocycles. The van der Waals surface area contributed by atoms with Gasteiger partial charge >= 0.3 is 0 Å². The van der Waals surface area contributed by atoms with Gasteiger partial charge in [0.2, 0.25) is 5.89 Å². The maximum Gasteiger partial charge on any atom is 0.231 e. The van der Waals surface area contributed by atoms with Crippen LogP contribution >= 0.6 is 11.8 Å². The molecule has 2 heterocycles. The fourth-order valence-corrected chi connectivity index (χ4v) is 4.03. The molecule has 18 heavy (non-hydrogen) atoms. The summed E-state index contributed by atoms with van der Waals surface area (Å²) in [6.45, 7) is 4.26. The van der Waals surface area contributed by atoms with Crippen LogP contribution < -0.4 is 5.32 Å². The molecular weight excluding hydrogens is 246 g/mol. The summed E-state index contributed by atoms with van der Waals surface area (Å²) < 4.78 is 5.42. The van der Waals surface area contributed by atoms with Crippen molar-refractivity contribution in [2.45, 2.75) is 49.5 Å². The molecule has 1 aromatic heterocycles. The average Bonchev–Trinajstić information content (AvgIpc) is 3.07. The van der Waals surface area contributed by atoms with E-state index in [-0.39, 0.29) is 0 Å². The third kappa shape index (κ3) is 2.72. The van der Waals surface area contributed by atoms with E-state index >= 15 is 0 Å². The third-order valence-electron chi connectivity index (χ3n) is 4.07. The highest BCUT2D eigenvalue weighted by Gasteiger charge is 2.29. The van der Waals surface area contributed by atoms with Crippen LogP contribution in [0.15, 0.2) is 4.52 Å². The van der Waals surface area contributed by atoms with Crippen LogP contribution in [0.2, 0.25) is 0 Å². The second-order valence-electron chi connectivity index (χ2n) is 5.51. The van der Waals surface area contributed by atoms with E-state index in [4.69, 9.17) is 4.52 Å². The molecule has 1 aliphatic carbocycles. The topological polar surface area (TPSA) is 51.0 Å². The summed E-state index contributed by atoms with van der Waals surface area (Å²) in [5.41, 5.74) is 0. The number of aromatic nitrogens is 2. The molecule has 0 spiro atoms. The van der Waals surface area contributed by atoms with Gasteiger partial charge in [-0.2, -0.15) is 16.7 Å². The molecule has 1 N–H and O–H groups in total. The van der Waals surface area contributed by atoms with E-state index in [0.717, 1.165) is 35.8 Å². The smallest absolute Gasteiger partial charge is 0.231 e. The maximum absolute atomic E-state index is 5.42. The number of thioether (sulfide) groups is 1. The molecule has 0 radical (unpaired) electrons. The van der Waals surface area contributed by atoms with Crippen LogP contribution in [-0.4, -0.2) is 28.5 Å². The van der Waals surface area contributed by atoms with Crippen LogP contribution in [0.5, 0.6) is 0 Å². The summed E-state index contributed by atoms with van der Waals surface area (Å²) in [5, 5.41) is 8.31. The van der Waals surface area contributed by atoms with Crippen molar-refractivity contribution in [2.75, 3.05) is 13.1 Å². The second kappa shape index (κ2) is 5.61. The minimum atomic E-state index is 0.405. The van der Waals surface area contributed by atoms with Gasteiger partial charge in [-0.3, -0.25) is 0 Å². The molecule has 0 amide bonds. The van der Waals surface area contributed by atoms with Gasteiger partial charge < -0.3 is 9.84 Å². The van der Waals surface area contributed by atoms with E-state index in [1.807, 2.05) is 11.8 Å². The summed E-state index contributed by atoms with van der Waals surface area (Å²) in [4.78, 5) is 4.57. The Morgan fingerprint density at radius 2 is 2.17 bits per heavy atom. The van der Waals surface area contributed by atoms with E-state index in [1.165, 1.54) is 25.7 Å². The fourth-order valence-electron chi connectivity index (χ4n) is 2.86. The Morgan fingerprint density at radius 1 is 1.33 bits per heavy atom. The molecule has 2 atom stereocenters. The maximum atomic E-state index is 5.42. The average molecular weight is 267 g/mol. The molecule has 4 nitrogen and oxygen atoms in total. The summed E-state index contributed by atoms with van der Waals surface area (Å²) in [7, 11) is 0. The molecular formula is C13H21N3OS. The van der Waals surface area contributed by atoms with Crippen molar-refractivity contribution in [2.24, 2.45) is 5.92 Å². The number of hydrogen-bond acceptors (Lipinski definition) is 5. The highest BCUT2D eigenvalue weighted by molar-refractivity contribution is 7.99. The van der Waals surface area contributed by atoms with E-state index < -0.39 is 0 Å². The van der Waals surface area contributed by atoms with Crippen molar-refractivity contribution < 1.29 is 4.52 Å². The van der Waals surface area contributed by atoms with E-state index in [9.17, 15) is 0 Å². The molecule has 1 saturated carbocycles. The van der Waals surface area contributed by atoms with Crippen molar-refractivity contribution in [3.63, 3.8) is 0 Å². The lowest BCUT2D eigenvalue weighted by Gasteiger charge is -2.07. The zero-order valence-electron chi connectivity index (χ0n) is 10.9. The Hall–Kier alpha value is -0.550. The van der Waals surface area contributed by atoms with Crippen molar-refractivity contribution >= 4 is 11.8 Å². The van der Waals surface area contributed by atoms with Crippen molar-refractivity contribution in [1.29, 1.82) is 0 Å². The van der Waals surface area contributed by atoms with Crippen molar-refractivity contribution in [3.05, 3.63) is 11.7 Å². The Bertz CT molecular complexity index is 389. The third-order valence-corrected chi connectivity index (χ3v) is 5.44. The first-order valence-corrected chi connectivity index (χ1v) is 8.02. The van der Waals surface area contributed by atoms with Crippen LogP contribution in [0.4, 0.5) is 0 Å². The van der Waals surface area contributed by atoms with E-state index in [1.54, 1.807) is 0 Å². The molecule has 3 rings (SSSR count). The first kappa shape index (κ1) is 12.5. The molecule has 0 bridgehead atoms. The summed E-state index contributed by atoms with van der Waals surface area (Å²) in [5.74, 6) is 3.61. The Balaban J connectivity index is 1.55. The molecule has 2 unspecified atom stereocenters. The lowest BCUT2D eigenvalue weighted by molar-refractivity contribution is 0.337. The molecule has 0 aromatic carbocycles. The fraction of sp³-hybridized carbons (Fsp3) is 0.846. The van der Waals surface area contributed by atoms with Crippen LogP contribution in [0.25, 0.3) is 0 Å². The molecule has 100 valence electrons. The van der Waals surface area contributed by atoms with Gasteiger partial charge in [0, 0.05) is 11.8 Å². The zero-order valence-corrected chi connectivity index (χ0v) is 11.7. The zero-order chi connectivity index (χ0) is 12.4. The number of rotatable bonds is 4. The van der Waals surface area contributed by atoms with Gasteiger partial charge in [0.05, 0.1) is 11.7 Å². The van der Waals surface area contributed by atoms with Crippen LogP contribution in [0.3, 0.4) is 0 Å². The lowest BCUT2D eigenvalue weighted by Crippen LogP contribution is -2.08. The second-order valence-corrected chi connectivity index (χ2v) is 6.80. The normalized spacial score (nSPS) is 29.2. The molecule has 2 fully saturated rings. The van der Waals surface area contributed by atoms with Gasteiger partial charge in [0.15, 0.2) is 5.82 Å². The minimum Gasteiger partial charge on any atom is -0.339 e. The monoisotopic (exact) mass is 267 g/mol. The quantitative estimate of drug-likeness (QED) is 0.908. The number of hydrogen-bond donors (Lipinski definition) is 1. The number of nitrogens with zero attached hydrogens (tertiary/aromatic N) is 2. The predicted molar refractivity (Wildman–Crippen MR) is 72.6 cm³/mol. The van der Waals surface area contributed by atoms with Gasteiger partial charge in [-0.05, 0) is 25.3 Å². The van der Waals surface area contributed by atoms with Crippen molar-refractivity contribution in [1.82, 2.24) is 15.5 Å². The van der Waals surface area contributed by atoms with Gasteiger partial charge in [0.25, 0.3) is 0 Å². The SMILES string of the molecule is CC1CNCC1c1nc(CSC2CCCC2)no1. The first-order chi connectivity index (χ1) is 8.83. The van der Waals surface area contributed by atoms with Crippen LogP contribution in [0.1, 0.15) is 50.2 Å². The van der Waals surface area contributed by atoms with Gasteiger partial charge in [0.1, 0.15) is 0 Å². The number of nitrogens with one attached hydrogen (secondary N) is 1. The van der Waals surface area contributed by atoms with E-state index in [0.29, 0.717) is 11.8 Å². The summed E-state index contributed by atoms with van der Waals surface area (Å²) in [6.07, 6.45) is 5.50. The Labute approximate surface area is 112 Å². The van der Waals surface area contributed by atoms with Crippen molar-refractivity contribution in [3.8, 4) is 0 Å². The standard InChI is InChI=1S/C13H21N3OS/c1-9-6-14-7-11(9)13-15-12(16-17-13)8-18-10-4-2-3-5-10/h9-11,14H,2-8H2,1H3. The Kier molecular flexibility index (Phi) is 3.89.